The zero-order chi connectivity index (χ0) is 22.8. The molecule has 0 saturated heterocycles. The van der Waals surface area contributed by atoms with E-state index in [9.17, 15) is 4.79 Å². The minimum absolute atomic E-state index is 0.0257. The highest BCUT2D eigenvalue weighted by Crippen LogP contribution is 2.31. The van der Waals surface area contributed by atoms with Crippen LogP contribution in [0.25, 0.3) is 11.2 Å². The number of nitrogens with one attached hydrogen (secondary N) is 1. The van der Waals surface area contributed by atoms with E-state index in [4.69, 9.17) is 14.7 Å². The number of fused-ring (bicyclic) bond motifs is 1. The van der Waals surface area contributed by atoms with E-state index in [0.717, 1.165) is 5.56 Å². The van der Waals surface area contributed by atoms with E-state index in [2.05, 4.69) is 26.0 Å². The SMILES string of the molecule is Cc1nc2nc(Oc3cc(C#N)ccc3C)nc(Oc3cccc(C(=O)N(C)C)c3)c2[nH]1. The van der Waals surface area contributed by atoms with Crippen molar-refractivity contribution in [2.24, 2.45) is 0 Å². The molecule has 0 bridgehead atoms. The van der Waals surface area contributed by atoms with Crippen LogP contribution in [0.2, 0.25) is 0 Å². The number of nitriles is 1. The lowest BCUT2D eigenvalue weighted by Gasteiger charge is -2.12. The lowest BCUT2D eigenvalue weighted by atomic mass is 10.1. The van der Waals surface area contributed by atoms with Gasteiger partial charge in [0.25, 0.3) is 11.8 Å². The van der Waals surface area contributed by atoms with Gasteiger partial charge in [0.2, 0.25) is 0 Å². The summed E-state index contributed by atoms with van der Waals surface area (Å²) in [4.78, 5) is 30.0. The Labute approximate surface area is 184 Å². The van der Waals surface area contributed by atoms with Crippen LogP contribution in [0.3, 0.4) is 0 Å². The molecular formula is C23H20N6O3. The van der Waals surface area contributed by atoms with Crippen LogP contribution in [0, 0.1) is 25.2 Å². The first kappa shape index (κ1) is 20.8. The van der Waals surface area contributed by atoms with Crippen molar-refractivity contribution in [3.8, 4) is 29.5 Å². The number of hydrogen-bond donors (Lipinski definition) is 1. The number of carbonyl (C=O) groups is 1. The van der Waals surface area contributed by atoms with Gasteiger partial charge in [0, 0.05) is 19.7 Å². The van der Waals surface area contributed by atoms with Gasteiger partial charge in [0.05, 0.1) is 11.6 Å². The van der Waals surface area contributed by atoms with E-state index in [1.54, 1.807) is 63.5 Å². The molecule has 1 N–H and O–H groups in total. The zero-order valence-corrected chi connectivity index (χ0v) is 18.0. The molecular weight excluding hydrogens is 408 g/mol. The van der Waals surface area contributed by atoms with Crippen molar-refractivity contribution >= 4 is 17.1 Å². The van der Waals surface area contributed by atoms with Crippen LogP contribution in [0.5, 0.6) is 23.4 Å². The molecule has 0 saturated carbocycles. The Morgan fingerprint density at radius 3 is 2.62 bits per heavy atom. The number of imidazole rings is 1. The smallest absolute Gasteiger partial charge is 0.327 e. The van der Waals surface area contributed by atoms with E-state index in [-0.39, 0.29) is 17.8 Å². The summed E-state index contributed by atoms with van der Waals surface area (Å²) in [6.07, 6.45) is 0. The molecule has 4 rings (SSSR count). The summed E-state index contributed by atoms with van der Waals surface area (Å²) in [5, 5.41) is 9.17. The third-order valence-corrected chi connectivity index (χ3v) is 4.64. The quantitative estimate of drug-likeness (QED) is 0.508. The lowest BCUT2D eigenvalue weighted by molar-refractivity contribution is 0.0827. The molecule has 0 aliphatic carbocycles. The van der Waals surface area contributed by atoms with Crippen LogP contribution in [0.15, 0.2) is 42.5 Å². The summed E-state index contributed by atoms with van der Waals surface area (Å²) in [6, 6.07) is 14.0. The third kappa shape index (κ3) is 4.20. The predicted octanol–water partition coefficient (Wildman–Crippen LogP) is 4.13. The first-order valence-electron chi connectivity index (χ1n) is 9.76. The molecule has 0 atom stereocenters. The number of hydrogen-bond acceptors (Lipinski definition) is 7. The Morgan fingerprint density at radius 2 is 1.88 bits per heavy atom. The van der Waals surface area contributed by atoms with Gasteiger partial charge in [0.15, 0.2) is 5.65 Å². The largest absolute Gasteiger partial charge is 0.437 e. The zero-order valence-electron chi connectivity index (χ0n) is 18.0. The fraction of sp³-hybridized carbons (Fsp3) is 0.174. The normalized spacial score (nSPS) is 10.6. The van der Waals surface area contributed by atoms with Crippen molar-refractivity contribution in [2.75, 3.05) is 14.1 Å². The van der Waals surface area contributed by atoms with Gasteiger partial charge >= 0.3 is 6.01 Å². The van der Waals surface area contributed by atoms with Crippen LogP contribution in [0.4, 0.5) is 0 Å². The average Bonchev–Trinajstić information content (AvgIpc) is 3.15. The summed E-state index contributed by atoms with van der Waals surface area (Å²) in [5.74, 6) is 1.58. The topological polar surface area (TPSA) is 117 Å². The minimum atomic E-state index is -0.141. The van der Waals surface area contributed by atoms with Gasteiger partial charge in [-0.15, -0.1) is 0 Å². The molecule has 2 aromatic heterocycles. The van der Waals surface area contributed by atoms with E-state index in [1.165, 1.54) is 4.90 Å². The number of aromatic nitrogens is 4. The number of aromatic amines is 1. The maximum Gasteiger partial charge on any atom is 0.327 e. The monoisotopic (exact) mass is 428 g/mol. The number of nitrogens with zero attached hydrogens (tertiary/aromatic N) is 5. The number of H-pyrrole nitrogens is 1. The second kappa shape index (κ2) is 8.35. The molecule has 0 aliphatic rings. The third-order valence-electron chi connectivity index (χ3n) is 4.64. The second-order valence-corrected chi connectivity index (χ2v) is 7.36. The van der Waals surface area contributed by atoms with Crippen LogP contribution in [-0.4, -0.2) is 44.8 Å². The molecule has 9 heteroatoms. The van der Waals surface area contributed by atoms with Gasteiger partial charge in [-0.3, -0.25) is 4.79 Å². The van der Waals surface area contributed by atoms with Gasteiger partial charge in [-0.2, -0.15) is 15.2 Å². The summed E-state index contributed by atoms with van der Waals surface area (Å²) in [6.45, 7) is 3.65. The Morgan fingerprint density at radius 1 is 1.06 bits per heavy atom. The fourth-order valence-corrected chi connectivity index (χ4v) is 3.03. The van der Waals surface area contributed by atoms with Crippen molar-refractivity contribution in [3.63, 3.8) is 0 Å². The average molecular weight is 428 g/mol. The Balaban J connectivity index is 1.73. The molecule has 2 heterocycles. The summed E-state index contributed by atoms with van der Waals surface area (Å²) < 4.78 is 11.9. The van der Waals surface area contributed by atoms with Crippen molar-refractivity contribution < 1.29 is 14.3 Å². The number of amides is 1. The molecule has 0 radical (unpaired) electrons. The van der Waals surface area contributed by atoms with Crippen molar-refractivity contribution in [3.05, 3.63) is 65.0 Å². The summed E-state index contributed by atoms with van der Waals surface area (Å²) >= 11 is 0. The van der Waals surface area contributed by atoms with Gasteiger partial charge in [-0.05, 0) is 49.7 Å². The summed E-state index contributed by atoms with van der Waals surface area (Å²) in [7, 11) is 3.37. The Bertz CT molecular complexity index is 1370. The maximum atomic E-state index is 12.3. The van der Waals surface area contributed by atoms with Crippen LogP contribution in [0.1, 0.15) is 27.3 Å². The molecule has 1 amide bonds. The summed E-state index contributed by atoms with van der Waals surface area (Å²) in [5.41, 5.74) is 2.64. The Hall–Kier alpha value is -4.45. The molecule has 4 aromatic rings. The molecule has 0 unspecified atom stereocenters. The highest BCUT2D eigenvalue weighted by atomic mass is 16.5. The molecule has 160 valence electrons. The standard InChI is InChI=1S/C23H20N6O3/c1-13-8-9-15(12-24)10-18(13)32-23-27-20-19(25-14(2)26-20)21(28-23)31-17-7-5-6-16(11-17)22(30)29(3)4/h5-11H,1-4H3,(H,25,26,27,28). The maximum absolute atomic E-state index is 12.3. The molecule has 2 aromatic carbocycles. The van der Waals surface area contributed by atoms with E-state index < -0.39 is 0 Å². The highest BCUT2D eigenvalue weighted by Gasteiger charge is 2.17. The van der Waals surface area contributed by atoms with Gasteiger partial charge in [0.1, 0.15) is 22.8 Å². The van der Waals surface area contributed by atoms with Gasteiger partial charge in [-0.25, -0.2) is 4.98 Å². The molecule has 0 fully saturated rings. The minimum Gasteiger partial charge on any atom is -0.437 e. The number of rotatable bonds is 5. The molecule has 32 heavy (non-hydrogen) atoms. The van der Waals surface area contributed by atoms with Crippen molar-refractivity contribution in [1.29, 1.82) is 5.26 Å². The Kier molecular flexibility index (Phi) is 5.43. The van der Waals surface area contributed by atoms with Crippen LogP contribution < -0.4 is 9.47 Å². The predicted molar refractivity (Wildman–Crippen MR) is 117 cm³/mol. The van der Waals surface area contributed by atoms with E-state index in [0.29, 0.717) is 39.6 Å². The second-order valence-electron chi connectivity index (χ2n) is 7.36. The van der Waals surface area contributed by atoms with Crippen molar-refractivity contribution in [1.82, 2.24) is 24.8 Å². The number of ether oxygens (including phenoxy) is 2. The van der Waals surface area contributed by atoms with Crippen molar-refractivity contribution in [2.45, 2.75) is 13.8 Å². The number of aryl methyl sites for hydroxylation is 2. The fourth-order valence-electron chi connectivity index (χ4n) is 3.03. The first-order valence-corrected chi connectivity index (χ1v) is 9.76. The molecule has 0 spiro atoms. The van der Waals surface area contributed by atoms with Gasteiger partial charge in [-0.1, -0.05) is 12.1 Å². The number of carbonyl (C=O) groups excluding carboxylic acids is 1. The molecule has 0 aliphatic heterocycles. The van der Waals surface area contributed by atoms with Gasteiger partial charge < -0.3 is 19.4 Å². The highest BCUT2D eigenvalue weighted by molar-refractivity contribution is 5.94. The lowest BCUT2D eigenvalue weighted by Crippen LogP contribution is -2.21. The van der Waals surface area contributed by atoms with Crippen LogP contribution in [-0.2, 0) is 0 Å². The number of benzene rings is 2. The molecule has 9 nitrogen and oxygen atoms in total. The van der Waals surface area contributed by atoms with Crippen LogP contribution >= 0.6 is 0 Å². The van der Waals surface area contributed by atoms with E-state index in [1.807, 2.05) is 6.92 Å². The first-order chi connectivity index (χ1) is 15.3. The van der Waals surface area contributed by atoms with E-state index >= 15 is 0 Å².